The molecule has 0 aromatic rings. The van der Waals surface area contributed by atoms with Crippen molar-refractivity contribution < 1.29 is 4.79 Å². The molecule has 2 aliphatic rings. The lowest BCUT2D eigenvalue weighted by Gasteiger charge is -2.19. The van der Waals surface area contributed by atoms with Gasteiger partial charge in [-0.3, -0.25) is 9.79 Å². The minimum absolute atomic E-state index is 0.0276. The fraction of sp³-hybridized carbons (Fsp3) is 0.400. The first-order valence-corrected chi connectivity index (χ1v) is 4.01. The van der Waals surface area contributed by atoms with E-state index in [0.29, 0.717) is 12.4 Å². The van der Waals surface area contributed by atoms with E-state index in [1.54, 1.807) is 5.01 Å². The lowest BCUT2D eigenvalue weighted by molar-refractivity contribution is -0.114. The maximum atomic E-state index is 11.0. The van der Waals surface area contributed by atoms with Crippen molar-refractivity contribution in [2.24, 2.45) is 10.1 Å². The zero-order valence-electron chi connectivity index (χ0n) is 5.49. The van der Waals surface area contributed by atoms with Crippen LogP contribution in [0.2, 0.25) is 0 Å². The Morgan fingerprint density at radius 2 is 2.64 bits per heavy atom. The van der Waals surface area contributed by atoms with Gasteiger partial charge < -0.3 is 5.32 Å². The number of halogens is 1. The Hall–Kier alpha value is -0.910. The monoisotopic (exact) mass is 216 g/mol. The van der Waals surface area contributed by atoms with E-state index in [2.05, 4.69) is 31.3 Å². The lowest BCUT2D eigenvalue weighted by Crippen LogP contribution is -2.44. The molecule has 0 aromatic carbocycles. The average molecular weight is 217 g/mol. The fourth-order valence-corrected chi connectivity index (χ4v) is 1.41. The summed E-state index contributed by atoms with van der Waals surface area (Å²) in [7, 11) is 0. The molecule has 11 heavy (non-hydrogen) atoms. The number of carbonyl (C=O) groups is 1. The van der Waals surface area contributed by atoms with Crippen LogP contribution >= 0.6 is 15.9 Å². The van der Waals surface area contributed by atoms with E-state index in [9.17, 15) is 4.79 Å². The first-order valence-electron chi connectivity index (χ1n) is 3.10. The number of amides is 1. The molecule has 2 heterocycles. The number of amidine groups is 1. The summed E-state index contributed by atoms with van der Waals surface area (Å²) in [6.45, 7) is 0.570. The van der Waals surface area contributed by atoms with Gasteiger partial charge in [0.15, 0.2) is 0 Å². The largest absolute Gasteiger partial charge is 0.309 e. The Morgan fingerprint density at radius 1 is 1.82 bits per heavy atom. The summed E-state index contributed by atoms with van der Waals surface area (Å²) in [4.78, 5) is 15.0. The summed E-state index contributed by atoms with van der Waals surface area (Å²) in [5.74, 6) is 0.191. The first-order chi connectivity index (χ1) is 5.29. The predicted octanol–water partition coefficient (Wildman–Crippen LogP) is -0.505. The number of hydrogen-bond acceptors (Lipinski definition) is 4. The van der Waals surface area contributed by atoms with Gasteiger partial charge in [0.05, 0.1) is 6.54 Å². The lowest BCUT2D eigenvalue weighted by atomic mass is 10.5. The van der Waals surface area contributed by atoms with Crippen molar-refractivity contribution in [3.63, 3.8) is 0 Å². The zero-order valence-corrected chi connectivity index (χ0v) is 7.08. The molecule has 1 amide bonds. The minimum atomic E-state index is -0.193. The van der Waals surface area contributed by atoms with Gasteiger partial charge in [0.25, 0.3) is 5.91 Å². The Kier molecular flexibility index (Phi) is 1.42. The van der Waals surface area contributed by atoms with Crippen LogP contribution in [-0.4, -0.2) is 34.6 Å². The van der Waals surface area contributed by atoms with Gasteiger partial charge in [-0.15, -0.1) is 0 Å². The molecular formula is C5H5BrN4O. The van der Waals surface area contributed by atoms with Crippen molar-refractivity contribution >= 4 is 34.0 Å². The van der Waals surface area contributed by atoms with E-state index >= 15 is 0 Å². The molecule has 1 atom stereocenters. The summed E-state index contributed by atoms with van der Waals surface area (Å²) >= 11 is 3.33. The quantitative estimate of drug-likeness (QED) is 0.439. The van der Waals surface area contributed by atoms with Gasteiger partial charge in [0.2, 0.25) is 5.84 Å². The molecule has 58 valence electrons. The molecule has 0 aromatic heterocycles. The molecule has 2 aliphatic heterocycles. The fourth-order valence-electron chi connectivity index (χ4n) is 0.961. The van der Waals surface area contributed by atoms with Crippen LogP contribution in [0.3, 0.4) is 0 Å². The highest BCUT2D eigenvalue weighted by Gasteiger charge is 2.31. The van der Waals surface area contributed by atoms with Gasteiger partial charge in [0.1, 0.15) is 11.3 Å². The highest BCUT2D eigenvalue weighted by molar-refractivity contribution is 9.09. The number of hydrazone groups is 1. The Morgan fingerprint density at radius 3 is 3.36 bits per heavy atom. The second kappa shape index (κ2) is 2.30. The average Bonchev–Trinajstić information content (AvgIpc) is 2.35. The number of nitrogens with one attached hydrogen (secondary N) is 1. The SMILES string of the molecule is O=C1NC=NN2C1=NC[C@H]2Br. The van der Waals surface area contributed by atoms with Crippen molar-refractivity contribution in [2.75, 3.05) is 6.54 Å². The van der Waals surface area contributed by atoms with Crippen LogP contribution in [0, 0.1) is 0 Å². The molecule has 0 spiro atoms. The molecule has 1 N–H and O–H groups in total. The number of nitrogens with zero attached hydrogens (tertiary/aromatic N) is 3. The van der Waals surface area contributed by atoms with Crippen LogP contribution in [0.5, 0.6) is 0 Å². The minimum Gasteiger partial charge on any atom is -0.309 e. The number of alkyl halides is 1. The van der Waals surface area contributed by atoms with Crippen molar-refractivity contribution in [1.82, 2.24) is 10.3 Å². The molecule has 0 unspecified atom stereocenters. The number of hydrogen-bond donors (Lipinski definition) is 1. The van der Waals surface area contributed by atoms with E-state index in [1.807, 2.05) is 0 Å². The van der Waals surface area contributed by atoms with Crippen LogP contribution in [0.1, 0.15) is 0 Å². The van der Waals surface area contributed by atoms with Gasteiger partial charge in [-0.25, -0.2) is 5.01 Å². The summed E-state index contributed by atoms with van der Waals surface area (Å²) in [5, 5.41) is 7.93. The summed E-state index contributed by atoms with van der Waals surface area (Å²) in [6.07, 6.45) is 1.36. The van der Waals surface area contributed by atoms with E-state index in [0.717, 1.165) is 0 Å². The molecule has 0 saturated carbocycles. The number of aliphatic imine (C=N–C) groups is 1. The topological polar surface area (TPSA) is 57.1 Å². The molecule has 0 bridgehead atoms. The Bertz CT molecular complexity index is 261. The van der Waals surface area contributed by atoms with Gasteiger partial charge >= 0.3 is 0 Å². The van der Waals surface area contributed by atoms with Crippen molar-refractivity contribution in [3.05, 3.63) is 0 Å². The second-order valence-corrected chi connectivity index (χ2v) is 3.22. The van der Waals surface area contributed by atoms with Crippen molar-refractivity contribution in [1.29, 1.82) is 0 Å². The van der Waals surface area contributed by atoms with Crippen LogP contribution in [0.15, 0.2) is 10.1 Å². The highest BCUT2D eigenvalue weighted by Crippen LogP contribution is 2.17. The number of carbonyl (C=O) groups excluding carboxylic acids is 1. The maximum Gasteiger partial charge on any atom is 0.293 e. The van der Waals surface area contributed by atoms with E-state index in [1.165, 1.54) is 6.34 Å². The molecule has 0 aliphatic carbocycles. The van der Waals surface area contributed by atoms with Crippen molar-refractivity contribution in [2.45, 2.75) is 4.95 Å². The summed E-state index contributed by atoms with van der Waals surface area (Å²) < 4.78 is 0. The van der Waals surface area contributed by atoms with Crippen LogP contribution in [0.25, 0.3) is 0 Å². The first kappa shape index (κ1) is 6.78. The molecular weight excluding hydrogens is 212 g/mol. The van der Waals surface area contributed by atoms with Crippen LogP contribution in [0.4, 0.5) is 0 Å². The summed E-state index contributed by atoms with van der Waals surface area (Å²) in [5.41, 5.74) is 0. The molecule has 0 saturated heterocycles. The van der Waals surface area contributed by atoms with E-state index < -0.39 is 0 Å². The molecule has 2 rings (SSSR count). The third-order valence-electron chi connectivity index (χ3n) is 1.45. The van der Waals surface area contributed by atoms with Gasteiger partial charge in [-0.05, 0) is 0 Å². The maximum absolute atomic E-state index is 11.0. The van der Waals surface area contributed by atoms with Crippen molar-refractivity contribution in [3.8, 4) is 0 Å². The smallest absolute Gasteiger partial charge is 0.293 e. The third-order valence-corrected chi connectivity index (χ3v) is 2.13. The highest BCUT2D eigenvalue weighted by atomic mass is 79.9. The normalized spacial score (nSPS) is 28.1. The van der Waals surface area contributed by atoms with E-state index in [4.69, 9.17) is 0 Å². The Balaban J connectivity index is 2.34. The number of fused-ring (bicyclic) bond motifs is 1. The summed E-state index contributed by atoms with van der Waals surface area (Å²) in [6, 6.07) is 0. The Labute approximate surface area is 71.3 Å². The predicted molar refractivity (Wildman–Crippen MR) is 43.5 cm³/mol. The standard InChI is InChI=1S/C5H5BrN4O/c6-3-1-7-4-5(11)8-2-9-10(3)4/h2-3H,1H2,(H,8,9,11)/t3-/m0/s1. The zero-order chi connectivity index (χ0) is 7.84. The van der Waals surface area contributed by atoms with Gasteiger partial charge in [0, 0.05) is 0 Å². The molecule has 5 nitrogen and oxygen atoms in total. The van der Waals surface area contributed by atoms with Crippen LogP contribution in [-0.2, 0) is 4.79 Å². The van der Waals surface area contributed by atoms with E-state index in [-0.39, 0.29) is 10.9 Å². The van der Waals surface area contributed by atoms with Gasteiger partial charge in [-0.1, -0.05) is 15.9 Å². The second-order valence-electron chi connectivity index (χ2n) is 2.16. The molecule has 0 radical (unpaired) electrons. The third kappa shape index (κ3) is 0.936. The van der Waals surface area contributed by atoms with Gasteiger partial charge in [-0.2, -0.15) is 5.10 Å². The molecule has 6 heteroatoms. The molecule has 0 fully saturated rings. The van der Waals surface area contributed by atoms with Crippen LogP contribution < -0.4 is 5.32 Å². The number of rotatable bonds is 0.